The first kappa shape index (κ1) is 21.8. The highest BCUT2D eigenvalue weighted by Gasteiger charge is 2.32. The van der Waals surface area contributed by atoms with E-state index in [4.69, 9.17) is 4.74 Å². The van der Waals surface area contributed by atoms with E-state index in [1.54, 1.807) is 31.2 Å². The van der Waals surface area contributed by atoms with E-state index >= 15 is 0 Å². The summed E-state index contributed by atoms with van der Waals surface area (Å²) in [5.41, 5.74) is 3.41. The van der Waals surface area contributed by atoms with Crippen LogP contribution in [0.15, 0.2) is 90.0 Å². The maximum atomic E-state index is 13.5. The summed E-state index contributed by atoms with van der Waals surface area (Å²) >= 11 is 0. The van der Waals surface area contributed by atoms with E-state index in [0.717, 1.165) is 11.1 Å². The summed E-state index contributed by atoms with van der Waals surface area (Å²) in [5, 5.41) is 10.9. The first-order valence-electron chi connectivity index (χ1n) is 10.8. The molecule has 0 unspecified atom stereocenters. The largest absolute Gasteiger partial charge is 0.457 e. The summed E-state index contributed by atoms with van der Waals surface area (Å²) in [6, 6.07) is 25.3. The number of benzene rings is 3. The zero-order valence-electron chi connectivity index (χ0n) is 18.3. The summed E-state index contributed by atoms with van der Waals surface area (Å²) in [4.78, 5) is 13.5. The van der Waals surface area contributed by atoms with Crippen LogP contribution in [0.25, 0.3) is 11.3 Å². The Hall–Kier alpha value is -4.04. The SMILES string of the molecule is CCS(=O)(=O)c1ccc(-c2cccc(NC(=O)C3c4ccccc4Oc4ccccc43)c2)nn1. The van der Waals surface area contributed by atoms with Gasteiger partial charge in [-0.05, 0) is 36.4 Å². The Balaban J connectivity index is 1.44. The van der Waals surface area contributed by atoms with E-state index in [9.17, 15) is 13.2 Å². The lowest BCUT2D eigenvalue weighted by molar-refractivity contribution is -0.116. The van der Waals surface area contributed by atoms with Crippen LogP contribution in [0.3, 0.4) is 0 Å². The van der Waals surface area contributed by atoms with Crippen molar-refractivity contribution in [3.05, 3.63) is 96.1 Å². The third kappa shape index (κ3) is 4.04. The Bertz CT molecular complexity index is 1440. The molecule has 0 saturated heterocycles. The molecule has 0 bridgehead atoms. The zero-order chi connectivity index (χ0) is 23.7. The van der Waals surface area contributed by atoms with Crippen molar-refractivity contribution >= 4 is 21.4 Å². The molecule has 0 aliphatic carbocycles. The summed E-state index contributed by atoms with van der Waals surface area (Å²) in [6.07, 6.45) is 0. The molecule has 5 rings (SSSR count). The molecule has 8 heteroatoms. The van der Waals surface area contributed by atoms with Crippen molar-refractivity contribution in [1.29, 1.82) is 0 Å². The lowest BCUT2D eigenvalue weighted by Gasteiger charge is -2.27. The molecule has 0 spiro atoms. The van der Waals surface area contributed by atoms with Gasteiger partial charge in [0.2, 0.25) is 5.91 Å². The van der Waals surface area contributed by atoms with E-state index in [-0.39, 0.29) is 16.7 Å². The van der Waals surface area contributed by atoms with Crippen LogP contribution < -0.4 is 10.1 Å². The smallest absolute Gasteiger partial charge is 0.236 e. The number of fused-ring (bicyclic) bond motifs is 2. The van der Waals surface area contributed by atoms with Crippen molar-refractivity contribution in [1.82, 2.24) is 10.2 Å². The second kappa shape index (κ2) is 8.72. The fourth-order valence-corrected chi connectivity index (χ4v) is 4.69. The third-order valence-electron chi connectivity index (χ3n) is 5.71. The summed E-state index contributed by atoms with van der Waals surface area (Å²) in [6.45, 7) is 1.56. The second-order valence-corrected chi connectivity index (χ2v) is 10.1. The molecule has 1 amide bonds. The van der Waals surface area contributed by atoms with Crippen LogP contribution in [0, 0.1) is 0 Å². The van der Waals surface area contributed by atoms with Crippen LogP contribution in [0.1, 0.15) is 24.0 Å². The number of amides is 1. The predicted molar refractivity (Wildman–Crippen MR) is 129 cm³/mol. The molecule has 0 fully saturated rings. The number of nitrogens with zero attached hydrogens (tertiary/aromatic N) is 2. The highest BCUT2D eigenvalue weighted by molar-refractivity contribution is 7.91. The van der Waals surface area contributed by atoms with Gasteiger partial charge in [0.05, 0.1) is 17.4 Å². The number of aromatic nitrogens is 2. The van der Waals surface area contributed by atoms with Crippen molar-refractivity contribution in [2.45, 2.75) is 17.9 Å². The van der Waals surface area contributed by atoms with Crippen molar-refractivity contribution in [2.24, 2.45) is 0 Å². The molecule has 34 heavy (non-hydrogen) atoms. The fourth-order valence-electron chi connectivity index (χ4n) is 3.95. The predicted octanol–water partition coefficient (Wildman–Crippen LogP) is 4.81. The van der Waals surface area contributed by atoms with Gasteiger partial charge in [0.1, 0.15) is 11.5 Å². The molecular formula is C26H21N3O4S. The quantitative estimate of drug-likeness (QED) is 0.448. The van der Waals surface area contributed by atoms with Gasteiger partial charge in [-0.1, -0.05) is 55.5 Å². The number of anilines is 1. The van der Waals surface area contributed by atoms with Gasteiger partial charge in [0.25, 0.3) is 0 Å². The standard InChI is InChI=1S/C26H21N3O4S/c1-2-34(31,32)24-15-14-21(28-29-24)17-8-7-9-18(16-17)27-26(30)25-19-10-3-5-12-22(19)33-23-13-6-4-11-20(23)25/h3-16,25H,2H2,1H3,(H,27,30). The number of nitrogens with one attached hydrogen (secondary N) is 1. The average molecular weight is 472 g/mol. The lowest BCUT2D eigenvalue weighted by Crippen LogP contribution is -2.25. The van der Waals surface area contributed by atoms with Crippen LogP contribution in [-0.4, -0.2) is 30.3 Å². The Labute approximate surface area is 197 Å². The monoisotopic (exact) mass is 471 g/mol. The normalized spacial score (nSPS) is 12.9. The van der Waals surface area contributed by atoms with E-state index in [0.29, 0.717) is 28.4 Å². The minimum Gasteiger partial charge on any atom is -0.457 e. The number of sulfone groups is 1. The van der Waals surface area contributed by atoms with E-state index in [2.05, 4.69) is 15.5 Å². The van der Waals surface area contributed by atoms with Crippen molar-refractivity contribution in [3.63, 3.8) is 0 Å². The molecule has 0 saturated carbocycles. The van der Waals surface area contributed by atoms with E-state index < -0.39 is 15.8 Å². The Morgan fingerprint density at radius 3 is 2.18 bits per heavy atom. The number of carbonyl (C=O) groups excluding carboxylic acids is 1. The van der Waals surface area contributed by atoms with Crippen LogP contribution >= 0.6 is 0 Å². The Morgan fingerprint density at radius 2 is 1.56 bits per heavy atom. The third-order valence-corrected chi connectivity index (χ3v) is 7.32. The minimum atomic E-state index is -3.42. The summed E-state index contributed by atoms with van der Waals surface area (Å²) < 4.78 is 30.0. The van der Waals surface area contributed by atoms with Gasteiger partial charge in [-0.3, -0.25) is 4.79 Å². The van der Waals surface area contributed by atoms with Crippen LogP contribution in [0.2, 0.25) is 0 Å². The molecule has 7 nitrogen and oxygen atoms in total. The van der Waals surface area contributed by atoms with Crippen LogP contribution in [-0.2, 0) is 14.6 Å². The van der Waals surface area contributed by atoms with Crippen molar-refractivity contribution in [3.8, 4) is 22.8 Å². The minimum absolute atomic E-state index is 0.0407. The maximum Gasteiger partial charge on any atom is 0.236 e. The molecule has 1 aliphatic rings. The second-order valence-electron chi connectivity index (χ2n) is 7.84. The topological polar surface area (TPSA) is 98.2 Å². The molecule has 1 aromatic heterocycles. The summed E-state index contributed by atoms with van der Waals surface area (Å²) in [7, 11) is -3.42. The molecule has 0 radical (unpaired) electrons. The number of rotatable bonds is 5. The Kier molecular flexibility index (Phi) is 5.59. The van der Waals surface area contributed by atoms with Gasteiger partial charge in [0.15, 0.2) is 14.9 Å². The van der Waals surface area contributed by atoms with Gasteiger partial charge < -0.3 is 10.1 Å². The molecule has 0 atom stereocenters. The summed E-state index contributed by atoms with van der Waals surface area (Å²) in [5.74, 6) is 0.569. The highest BCUT2D eigenvalue weighted by atomic mass is 32.2. The van der Waals surface area contributed by atoms with E-state index in [1.165, 1.54) is 6.07 Å². The number of ether oxygens (including phenoxy) is 1. The molecule has 170 valence electrons. The van der Waals surface area contributed by atoms with Gasteiger partial charge >= 0.3 is 0 Å². The van der Waals surface area contributed by atoms with Gasteiger partial charge in [-0.15, -0.1) is 10.2 Å². The van der Waals surface area contributed by atoms with E-state index in [1.807, 2.05) is 54.6 Å². The zero-order valence-corrected chi connectivity index (χ0v) is 19.1. The fraction of sp³-hybridized carbons (Fsp3) is 0.115. The van der Waals surface area contributed by atoms with Crippen molar-refractivity contribution in [2.75, 3.05) is 11.1 Å². The van der Waals surface area contributed by atoms with Gasteiger partial charge in [0, 0.05) is 22.4 Å². The van der Waals surface area contributed by atoms with Crippen LogP contribution in [0.4, 0.5) is 5.69 Å². The first-order valence-corrected chi connectivity index (χ1v) is 12.4. The number of hydrogen-bond donors (Lipinski definition) is 1. The highest BCUT2D eigenvalue weighted by Crippen LogP contribution is 2.44. The number of hydrogen-bond acceptors (Lipinski definition) is 6. The molecular weight excluding hydrogens is 450 g/mol. The first-order chi connectivity index (χ1) is 16.5. The van der Waals surface area contributed by atoms with Gasteiger partial charge in [-0.25, -0.2) is 8.42 Å². The Morgan fingerprint density at radius 1 is 0.882 bits per heavy atom. The molecule has 1 N–H and O–H groups in total. The molecule has 3 aromatic carbocycles. The molecule has 4 aromatic rings. The number of carbonyl (C=O) groups is 1. The number of para-hydroxylation sites is 2. The molecule has 2 heterocycles. The van der Waals surface area contributed by atoms with Gasteiger partial charge in [-0.2, -0.15) is 0 Å². The lowest BCUT2D eigenvalue weighted by atomic mass is 9.87. The molecule has 1 aliphatic heterocycles. The van der Waals surface area contributed by atoms with Crippen LogP contribution in [0.5, 0.6) is 11.5 Å². The van der Waals surface area contributed by atoms with Crippen molar-refractivity contribution < 1.29 is 17.9 Å². The maximum absolute atomic E-state index is 13.5. The average Bonchev–Trinajstić information content (AvgIpc) is 2.87.